The Balaban J connectivity index is 2.05. The van der Waals surface area contributed by atoms with Crippen molar-refractivity contribution in [1.82, 2.24) is 0 Å². The molecule has 0 spiro atoms. The fourth-order valence-corrected chi connectivity index (χ4v) is 4.35. The summed E-state index contributed by atoms with van der Waals surface area (Å²) in [6.45, 7) is 9.26. The van der Waals surface area contributed by atoms with E-state index in [9.17, 15) is 14.7 Å². The zero-order valence-corrected chi connectivity index (χ0v) is 17.0. The number of rotatable bonds is 5. The van der Waals surface area contributed by atoms with Gasteiger partial charge in [-0.2, -0.15) is 0 Å². The van der Waals surface area contributed by atoms with Gasteiger partial charge in [0.2, 0.25) is 0 Å². The molecule has 2 fully saturated rings. The lowest BCUT2D eigenvalue weighted by molar-refractivity contribution is -0.221. The van der Waals surface area contributed by atoms with E-state index in [4.69, 9.17) is 18.9 Å². The molecule has 28 heavy (non-hydrogen) atoms. The molecule has 7 heteroatoms. The van der Waals surface area contributed by atoms with E-state index < -0.39 is 35.5 Å². The fraction of sp³-hybridized carbons (Fsp3) is 0.714. The molecule has 0 aromatic rings. The number of aliphatic hydroxyl groups is 1. The Morgan fingerprint density at radius 2 is 2.18 bits per heavy atom. The highest BCUT2D eigenvalue weighted by atomic mass is 16.7. The van der Waals surface area contributed by atoms with Crippen LogP contribution in [0.5, 0.6) is 0 Å². The summed E-state index contributed by atoms with van der Waals surface area (Å²) in [5, 5.41) is 9.99. The summed E-state index contributed by atoms with van der Waals surface area (Å²) >= 11 is 0. The quantitative estimate of drug-likeness (QED) is 0.434. The van der Waals surface area contributed by atoms with Crippen LogP contribution in [0, 0.1) is 11.8 Å². The third kappa shape index (κ3) is 3.51. The first-order valence-electron chi connectivity index (χ1n) is 9.86. The molecule has 3 rings (SSSR count). The summed E-state index contributed by atoms with van der Waals surface area (Å²) in [4.78, 5) is 24.8. The number of carbonyl (C=O) groups excluding carboxylic acids is 2. The van der Waals surface area contributed by atoms with Crippen molar-refractivity contribution in [2.75, 3.05) is 13.7 Å². The first-order chi connectivity index (χ1) is 13.2. The number of aliphatic hydroxyl groups excluding tert-OH is 1. The molecule has 7 nitrogen and oxygen atoms in total. The van der Waals surface area contributed by atoms with Crippen molar-refractivity contribution in [2.24, 2.45) is 11.8 Å². The molecule has 156 valence electrons. The number of ether oxygens (including phenoxy) is 4. The van der Waals surface area contributed by atoms with E-state index >= 15 is 0 Å². The van der Waals surface area contributed by atoms with Crippen LogP contribution >= 0.6 is 0 Å². The molecule has 0 aliphatic carbocycles. The molecule has 3 heterocycles. The van der Waals surface area contributed by atoms with Crippen molar-refractivity contribution in [2.45, 2.75) is 70.1 Å². The van der Waals surface area contributed by atoms with Crippen molar-refractivity contribution < 1.29 is 33.6 Å². The SMILES string of the molecule is C=C1C(=O)O[C@@H]2/C=C(/CO)[C@]3(OC)CC[C@](C)(C[C@@H](OC(=O)[C@H](C)CC)[C@@H]12)O3. The van der Waals surface area contributed by atoms with Gasteiger partial charge < -0.3 is 24.1 Å². The predicted molar refractivity (Wildman–Crippen MR) is 100 cm³/mol. The van der Waals surface area contributed by atoms with E-state index in [-0.39, 0.29) is 24.1 Å². The minimum Gasteiger partial charge on any atom is -0.461 e. The van der Waals surface area contributed by atoms with Crippen molar-refractivity contribution in [3.05, 3.63) is 23.8 Å². The molecule has 3 aliphatic heterocycles. The predicted octanol–water partition coefficient (Wildman–Crippen LogP) is 2.28. The average Bonchev–Trinajstić information content (AvgIpc) is 3.16. The van der Waals surface area contributed by atoms with E-state index in [2.05, 4.69) is 6.58 Å². The Morgan fingerprint density at radius 1 is 1.46 bits per heavy atom. The van der Waals surface area contributed by atoms with Gasteiger partial charge in [0.25, 0.3) is 0 Å². The Kier molecular flexibility index (Phi) is 5.71. The van der Waals surface area contributed by atoms with Crippen LogP contribution in [0.1, 0.15) is 46.5 Å². The van der Waals surface area contributed by atoms with Crippen LogP contribution < -0.4 is 0 Å². The number of hydrogen-bond donors (Lipinski definition) is 1. The highest BCUT2D eigenvalue weighted by Gasteiger charge is 2.55. The molecule has 0 radical (unpaired) electrons. The van der Waals surface area contributed by atoms with Crippen LogP contribution in [0.25, 0.3) is 0 Å². The third-order valence-electron chi connectivity index (χ3n) is 6.33. The summed E-state index contributed by atoms with van der Waals surface area (Å²) in [5.41, 5.74) is 0.129. The Bertz CT molecular complexity index is 699. The van der Waals surface area contributed by atoms with Gasteiger partial charge >= 0.3 is 11.9 Å². The molecule has 6 atom stereocenters. The molecule has 0 amide bonds. The molecule has 1 N–H and O–H groups in total. The fourth-order valence-electron chi connectivity index (χ4n) is 4.35. The van der Waals surface area contributed by atoms with Crippen molar-refractivity contribution in [1.29, 1.82) is 0 Å². The number of esters is 2. The monoisotopic (exact) mass is 394 g/mol. The molecular formula is C21H30O7. The first kappa shape index (κ1) is 21.0. The standard InChI is InChI=1S/C21H30O7/c1-6-12(2)18(23)27-16-10-20(4)7-8-21(25-5,28-20)14(11-22)9-15-17(16)13(3)19(24)26-15/h9,12,15-17,22H,3,6-8,10-11H2,1-2,4-5H3/b14-9-/t12-,15-,16-,17+,20-,21+/m1/s1. The van der Waals surface area contributed by atoms with Crippen LogP contribution in [-0.4, -0.2) is 54.4 Å². The van der Waals surface area contributed by atoms with Crippen LogP contribution in [0.4, 0.5) is 0 Å². The van der Waals surface area contributed by atoms with Crippen LogP contribution in [0.15, 0.2) is 23.8 Å². The van der Waals surface area contributed by atoms with Gasteiger partial charge in [-0.3, -0.25) is 4.79 Å². The van der Waals surface area contributed by atoms with E-state index in [1.165, 1.54) is 7.11 Å². The molecule has 3 aliphatic rings. The normalized spacial score (nSPS) is 40.5. The van der Waals surface area contributed by atoms with Crippen molar-refractivity contribution >= 4 is 11.9 Å². The number of methoxy groups -OCH3 is 1. The first-order valence-corrected chi connectivity index (χ1v) is 9.86. The Hall–Kier alpha value is -1.70. The zero-order chi connectivity index (χ0) is 20.7. The topological polar surface area (TPSA) is 91.3 Å². The molecule has 0 saturated carbocycles. The van der Waals surface area contributed by atoms with Crippen LogP contribution in [0.3, 0.4) is 0 Å². The number of hydrogen-bond acceptors (Lipinski definition) is 7. The molecule has 0 aromatic carbocycles. The van der Waals surface area contributed by atoms with Crippen molar-refractivity contribution in [3.63, 3.8) is 0 Å². The smallest absolute Gasteiger partial charge is 0.334 e. The minimum atomic E-state index is -1.08. The third-order valence-corrected chi connectivity index (χ3v) is 6.33. The summed E-state index contributed by atoms with van der Waals surface area (Å²) in [7, 11) is 1.53. The Labute approximate surface area is 165 Å². The minimum absolute atomic E-state index is 0.253. The van der Waals surface area contributed by atoms with Gasteiger partial charge in [0.1, 0.15) is 12.2 Å². The van der Waals surface area contributed by atoms with Crippen LogP contribution in [0.2, 0.25) is 0 Å². The summed E-state index contributed by atoms with van der Waals surface area (Å²) in [6.07, 6.45) is 2.59. The largest absolute Gasteiger partial charge is 0.461 e. The second-order valence-corrected chi connectivity index (χ2v) is 8.27. The van der Waals surface area contributed by atoms with Gasteiger partial charge in [-0.25, -0.2) is 4.79 Å². The lowest BCUT2D eigenvalue weighted by atomic mass is 9.81. The van der Waals surface area contributed by atoms with E-state index in [0.717, 1.165) is 0 Å². The second kappa shape index (κ2) is 7.61. The van der Waals surface area contributed by atoms with Gasteiger partial charge in [0.05, 0.1) is 24.0 Å². The Morgan fingerprint density at radius 3 is 2.79 bits per heavy atom. The number of carbonyl (C=O) groups is 2. The van der Waals surface area contributed by atoms with E-state index in [1.54, 1.807) is 6.08 Å². The second-order valence-electron chi connectivity index (χ2n) is 8.27. The van der Waals surface area contributed by atoms with E-state index in [0.29, 0.717) is 31.3 Å². The molecular weight excluding hydrogens is 364 g/mol. The summed E-state index contributed by atoms with van der Waals surface area (Å²) in [5.74, 6) is -2.70. The molecule has 2 bridgehead atoms. The average molecular weight is 394 g/mol. The van der Waals surface area contributed by atoms with Gasteiger partial charge in [0, 0.05) is 31.1 Å². The molecule has 2 saturated heterocycles. The van der Waals surface area contributed by atoms with Gasteiger partial charge in [-0.1, -0.05) is 20.4 Å². The van der Waals surface area contributed by atoms with Gasteiger partial charge in [-0.05, 0) is 25.8 Å². The van der Waals surface area contributed by atoms with Gasteiger partial charge in [-0.15, -0.1) is 0 Å². The lowest BCUT2D eigenvalue weighted by Crippen LogP contribution is -2.41. The summed E-state index contributed by atoms with van der Waals surface area (Å²) < 4.78 is 23.4. The highest BCUT2D eigenvalue weighted by molar-refractivity contribution is 5.91. The summed E-state index contributed by atoms with van der Waals surface area (Å²) in [6, 6.07) is 0. The maximum absolute atomic E-state index is 12.6. The highest BCUT2D eigenvalue weighted by Crippen LogP contribution is 2.49. The maximum Gasteiger partial charge on any atom is 0.334 e. The zero-order valence-electron chi connectivity index (χ0n) is 17.0. The van der Waals surface area contributed by atoms with Gasteiger partial charge in [0.15, 0.2) is 5.79 Å². The lowest BCUT2D eigenvalue weighted by Gasteiger charge is -2.35. The molecule has 0 aromatic heterocycles. The maximum atomic E-state index is 12.6. The van der Waals surface area contributed by atoms with E-state index in [1.807, 2.05) is 20.8 Å². The number of fused-ring (bicyclic) bond motifs is 3. The van der Waals surface area contributed by atoms with Crippen molar-refractivity contribution in [3.8, 4) is 0 Å². The molecule has 0 unspecified atom stereocenters. The van der Waals surface area contributed by atoms with Crippen LogP contribution in [-0.2, 0) is 28.5 Å².